The topological polar surface area (TPSA) is 49.1 Å². The molecule has 0 N–H and O–H groups in total. The number of rotatable bonds is 1. The SMILES string of the molecule is Cc1ccccc1C1(C)Oc2c3ccccc3c([O-])n[n+]2C12CC2. The van der Waals surface area contributed by atoms with Crippen molar-refractivity contribution in [3.05, 3.63) is 59.7 Å². The van der Waals surface area contributed by atoms with Gasteiger partial charge in [-0.1, -0.05) is 42.5 Å². The number of hydrogen-bond acceptors (Lipinski definition) is 3. The van der Waals surface area contributed by atoms with Crippen LogP contribution in [0.25, 0.3) is 10.8 Å². The van der Waals surface area contributed by atoms with Crippen LogP contribution in [0.15, 0.2) is 48.5 Å². The number of benzene rings is 2. The zero-order valence-electron chi connectivity index (χ0n) is 13.7. The molecule has 0 bridgehead atoms. The van der Waals surface area contributed by atoms with Crippen LogP contribution < -0.4 is 14.5 Å². The molecule has 3 aromatic rings. The Morgan fingerprint density at radius 3 is 2.42 bits per heavy atom. The predicted molar refractivity (Wildman–Crippen MR) is 87.8 cm³/mol. The zero-order valence-corrected chi connectivity index (χ0v) is 13.7. The lowest BCUT2D eigenvalue weighted by Gasteiger charge is -2.26. The van der Waals surface area contributed by atoms with E-state index in [0.717, 1.165) is 18.2 Å². The first kappa shape index (κ1) is 13.8. The van der Waals surface area contributed by atoms with Crippen LogP contribution in [0.2, 0.25) is 0 Å². The molecule has 24 heavy (non-hydrogen) atoms. The van der Waals surface area contributed by atoms with Crippen LogP contribution in [0.5, 0.6) is 11.8 Å². The van der Waals surface area contributed by atoms with Crippen LogP contribution >= 0.6 is 0 Å². The first-order chi connectivity index (χ1) is 11.6. The van der Waals surface area contributed by atoms with Gasteiger partial charge < -0.3 is 9.84 Å². The van der Waals surface area contributed by atoms with Crippen molar-refractivity contribution in [1.82, 2.24) is 5.10 Å². The highest BCUT2D eigenvalue weighted by atomic mass is 16.5. The van der Waals surface area contributed by atoms with Crippen molar-refractivity contribution < 1.29 is 14.5 Å². The Labute approximate surface area is 140 Å². The summed E-state index contributed by atoms with van der Waals surface area (Å²) in [6, 6.07) is 15.9. The van der Waals surface area contributed by atoms with E-state index >= 15 is 0 Å². The molecule has 2 aliphatic rings. The Hall–Kier alpha value is -2.62. The molecule has 0 saturated heterocycles. The van der Waals surface area contributed by atoms with Gasteiger partial charge in [-0.3, -0.25) is 0 Å². The van der Waals surface area contributed by atoms with Gasteiger partial charge >= 0.3 is 5.88 Å². The molecule has 5 rings (SSSR count). The second kappa shape index (κ2) is 4.26. The molecule has 1 aromatic heterocycles. The van der Waals surface area contributed by atoms with Gasteiger partial charge in [0.25, 0.3) is 0 Å². The second-order valence-corrected chi connectivity index (χ2v) is 7.05. The molecule has 2 heterocycles. The minimum Gasteiger partial charge on any atom is -0.854 e. The second-order valence-electron chi connectivity index (χ2n) is 7.05. The van der Waals surface area contributed by atoms with Gasteiger partial charge in [0.15, 0.2) is 0 Å². The average Bonchev–Trinajstić information content (AvgIpc) is 3.35. The highest BCUT2D eigenvalue weighted by Crippen LogP contribution is 2.59. The predicted octanol–water partition coefficient (Wildman–Crippen LogP) is 2.70. The molecule has 1 saturated carbocycles. The highest BCUT2D eigenvalue weighted by Gasteiger charge is 2.75. The van der Waals surface area contributed by atoms with Crippen LogP contribution in [0, 0.1) is 6.92 Å². The third-order valence-corrected chi connectivity index (χ3v) is 5.75. The number of aromatic nitrogens is 2. The number of nitrogens with zero attached hydrogens (tertiary/aromatic N) is 2. The van der Waals surface area contributed by atoms with Crippen molar-refractivity contribution in [1.29, 1.82) is 0 Å². The summed E-state index contributed by atoms with van der Waals surface area (Å²) in [7, 11) is 0. The third-order valence-electron chi connectivity index (χ3n) is 5.75. The molecule has 1 fully saturated rings. The van der Waals surface area contributed by atoms with Gasteiger partial charge in [-0.15, -0.1) is 0 Å². The summed E-state index contributed by atoms with van der Waals surface area (Å²) < 4.78 is 8.43. The number of hydrogen-bond donors (Lipinski definition) is 0. The Morgan fingerprint density at radius 1 is 1.04 bits per heavy atom. The van der Waals surface area contributed by atoms with Crippen LogP contribution in [0.1, 0.15) is 30.9 Å². The first-order valence-electron chi connectivity index (χ1n) is 8.35. The average molecular weight is 318 g/mol. The number of ether oxygens (including phenoxy) is 1. The fraction of sp³-hybridized carbons (Fsp3) is 0.300. The maximum Gasteiger partial charge on any atom is 0.403 e. The standard InChI is InChI=1S/C20H18N2O2/c1-13-7-3-6-10-16(13)19(2)20(11-12-20)22-18(24-19)15-9-5-4-8-14(15)17(23)21-22/h3-10H,11-12H2,1-2H3. The van der Waals surface area contributed by atoms with Gasteiger partial charge in [-0.25, -0.2) is 0 Å². The lowest BCUT2D eigenvalue weighted by atomic mass is 9.84. The molecular formula is C20H18N2O2. The van der Waals surface area contributed by atoms with Gasteiger partial charge in [-0.2, -0.15) is 0 Å². The normalized spacial score (nSPS) is 23.2. The fourth-order valence-corrected chi connectivity index (χ4v) is 4.26. The van der Waals surface area contributed by atoms with E-state index in [0.29, 0.717) is 11.3 Å². The Morgan fingerprint density at radius 2 is 1.71 bits per heavy atom. The number of fused-ring (bicyclic) bond motifs is 4. The molecule has 1 unspecified atom stereocenters. The lowest BCUT2D eigenvalue weighted by Crippen LogP contribution is -2.54. The van der Waals surface area contributed by atoms with Crippen molar-refractivity contribution >= 4 is 10.8 Å². The highest BCUT2D eigenvalue weighted by molar-refractivity contribution is 5.89. The van der Waals surface area contributed by atoms with Crippen molar-refractivity contribution in [2.75, 3.05) is 0 Å². The molecule has 1 aliphatic carbocycles. The van der Waals surface area contributed by atoms with Crippen LogP contribution in [0.4, 0.5) is 0 Å². The summed E-state index contributed by atoms with van der Waals surface area (Å²) in [5.41, 5.74) is 1.61. The maximum absolute atomic E-state index is 12.5. The van der Waals surface area contributed by atoms with Crippen molar-refractivity contribution in [2.24, 2.45) is 0 Å². The fourth-order valence-electron chi connectivity index (χ4n) is 4.26. The summed E-state index contributed by atoms with van der Waals surface area (Å²) in [5.74, 6) is 0.534. The van der Waals surface area contributed by atoms with Crippen molar-refractivity contribution in [3.63, 3.8) is 0 Å². The molecule has 1 atom stereocenters. The van der Waals surface area contributed by atoms with Gasteiger partial charge in [0, 0.05) is 23.8 Å². The van der Waals surface area contributed by atoms with Gasteiger partial charge in [0.1, 0.15) is 0 Å². The van der Waals surface area contributed by atoms with E-state index in [1.807, 2.05) is 41.1 Å². The molecule has 2 aromatic carbocycles. The first-order valence-corrected chi connectivity index (χ1v) is 8.35. The molecule has 4 nitrogen and oxygen atoms in total. The molecular weight excluding hydrogens is 300 g/mol. The van der Waals surface area contributed by atoms with Gasteiger partial charge in [0.2, 0.25) is 11.1 Å². The minimum absolute atomic E-state index is 0.182. The minimum atomic E-state index is -0.505. The molecule has 1 aliphatic heterocycles. The van der Waals surface area contributed by atoms with E-state index in [1.165, 1.54) is 11.1 Å². The summed E-state index contributed by atoms with van der Waals surface area (Å²) in [6.07, 6.45) is 1.95. The molecule has 1 spiro atoms. The lowest BCUT2D eigenvalue weighted by molar-refractivity contribution is -0.783. The zero-order chi connectivity index (χ0) is 16.5. The van der Waals surface area contributed by atoms with E-state index in [1.54, 1.807) is 0 Å². The monoisotopic (exact) mass is 318 g/mol. The Balaban J connectivity index is 1.81. The molecule has 0 radical (unpaired) electrons. The maximum atomic E-state index is 12.5. The third kappa shape index (κ3) is 1.49. The van der Waals surface area contributed by atoms with E-state index in [2.05, 4.69) is 31.1 Å². The quantitative estimate of drug-likeness (QED) is 0.648. The van der Waals surface area contributed by atoms with E-state index in [4.69, 9.17) is 4.74 Å². The summed E-state index contributed by atoms with van der Waals surface area (Å²) >= 11 is 0. The smallest absolute Gasteiger partial charge is 0.403 e. The Bertz CT molecular complexity index is 994. The summed E-state index contributed by atoms with van der Waals surface area (Å²) in [5, 5.41) is 18.3. The summed E-state index contributed by atoms with van der Waals surface area (Å²) in [4.78, 5) is 0. The van der Waals surface area contributed by atoms with Crippen molar-refractivity contribution in [2.45, 2.75) is 37.8 Å². The van der Waals surface area contributed by atoms with Crippen molar-refractivity contribution in [3.8, 4) is 11.8 Å². The van der Waals surface area contributed by atoms with Gasteiger partial charge in [0.05, 0.1) is 11.3 Å². The van der Waals surface area contributed by atoms with E-state index in [-0.39, 0.29) is 11.4 Å². The van der Waals surface area contributed by atoms with E-state index < -0.39 is 5.60 Å². The molecule has 0 amide bonds. The molecule has 4 heteroatoms. The van der Waals surface area contributed by atoms with Crippen LogP contribution in [-0.4, -0.2) is 5.10 Å². The van der Waals surface area contributed by atoms with E-state index in [9.17, 15) is 5.11 Å². The largest absolute Gasteiger partial charge is 0.854 e. The Kier molecular flexibility index (Phi) is 2.45. The van der Waals surface area contributed by atoms with Crippen LogP contribution in [-0.2, 0) is 11.1 Å². The summed E-state index contributed by atoms with van der Waals surface area (Å²) in [6.45, 7) is 4.24. The van der Waals surface area contributed by atoms with Crippen LogP contribution in [0.3, 0.4) is 0 Å². The molecule has 120 valence electrons. The van der Waals surface area contributed by atoms with Gasteiger partial charge in [-0.05, 0) is 35.3 Å². The number of aryl methyl sites for hydroxylation is 1.